The number of piperazine rings is 1. The third-order valence-corrected chi connectivity index (χ3v) is 7.27. The van der Waals surface area contributed by atoms with E-state index in [1.165, 1.54) is 10.5 Å². The van der Waals surface area contributed by atoms with Crippen molar-refractivity contribution in [1.29, 1.82) is 0 Å². The van der Waals surface area contributed by atoms with Crippen LogP contribution in [0.2, 0.25) is 0 Å². The molecular weight excluding hydrogens is 392 g/mol. The molecule has 0 spiro atoms. The van der Waals surface area contributed by atoms with Crippen LogP contribution >= 0.6 is 0 Å². The normalized spacial score (nSPS) is 18.2. The molecule has 2 aromatic carbocycles. The zero-order valence-electron chi connectivity index (χ0n) is 16.6. The van der Waals surface area contributed by atoms with E-state index in [4.69, 9.17) is 14.2 Å². The van der Waals surface area contributed by atoms with Gasteiger partial charge in [0.1, 0.15) is 12.3 Å². The van der Waals surface area contributed by atoms with E-state index in [0.29, 0.717) is 37.8 Å². The molecule has 1 N–H and O–H groups in total. The fraction of sp³-hybridized carbons (Fsp3) is 0.429. The Morgan fingerprint density at radius 1 is 1.03 bits per heavy atom. The second-order valence-corrected chi connectivity index (χ2v) is 9.28. The summed E-state index contributed by atoms with van der Waals surface area (Å²) in [6, 6.07) is 12.9. The highest BCUT2D eigenvalue weighted by molar-refractivity contribution is 7.89. The van der Waals surface area contributed by atoms with E-state index in [2.05, 4.69) is 6.07 Å². The van der Waals surface area contributed by atoms with E-state index in [-0.39, 0.29) is 4.90 Å². The minimum Gasteiger partial charge on any atom is -0.497 e. The summed E-state index contributed by atoms with van der Waals surface area (Å²) in [5, 5.41) is 0. The monoisotopic (exact) mass is 419 g/mol. The van der Waals surface area contributed by atoms with Crippen LogP contribution in [0.1, 0.15) is 12.0 Å². The molecule has 0 amide bonds. The van der Waals surface area contributed by atoms with Gasteiger partial charge in [-0.3, -0.25) is 0 Å². The van der Waals surface area contributed by atoms with Crippen LogP contribution in [0.15, 0.2) is 47.4 Å². The summed E-state index contributed by atoms with van der Waals surface area (Å²) >= 11 is 0. The lowest BCUT2D eigenvalue weighted by Gasteiger charge is -2.31. The number of ether oxygens (including phenoxy) is 3. The summed E-state index contributed by atoms with van der Waals surface area (Å²) < 4.78 is 44.3. The van der Waals surface area contributed by atoms with Crippen molar-refractivity contribution in [3.8, 4) is 17.2 Å². The zero-order valence-corrected chi connectivity index (χ0v) is 17.4. The minimum atomic E-state index is -3.55. The summed E-state index contributed by atoms with van der Waals surface area (Å²) in [6.45, 7) is 4.49. The average Bonchev–Trinajstić information content (AvgIpc) is 2.99. The average molecular weight is 420 g/mol. The first kappa shape index (κ1) is 20.0. The van der Waals surface area contributed by atoms with Crippen LogP contribution in [0.25, 0.3) is 0 Å². The molecule has 29 heavy (non-hydrogen) atoms. The van der Waals surface area contributed by atoms with Gasteiger partial charge in [-0.25, -0.2) is 8.42 Å². The lowest BCUT2D eigenvalue weighted by Crippen LogP contribution is -3.13. The number of methoxy groups -OCH3 is 1. The molecule has 1 saturated heterocycles. The van der Waals surface area contributed by atoms with Crippen molar-refractivity contribution in [1.82, 2.24) is 4.31 Å². The Hall–Kier alpha value is -2.29. The number of hydrogen-bond donors (Lipinski definition) is 1. The third-order valence-electron chi connectivity index (χ3n) is 5.37. The van der Waals surface area contributed by atoms with Gasteiger partial charge in [0.25, 0.3) is 0 Å². The maximum atomic E-state index is 13.1. The molecule has 0 aromatic heterocycles. The van der Waals surface area contributed by atoms with Crippen molar-refractivity contribution >= 4 is 10.0 Å². The van der Waals surface area contributed by atoms with Gasteiger partial charge in [0, 0.05) is 18.1 Å². The first-order chi connectivity index (χ1) is 14.1. The predicted octanol–water partition coefficient (Wildman–Crippen LogP) is 0.946. The number of rotatable bonds is 5. The van der Waals surface area contributed by atoms with Crippen LogP contribution in [-0.2, 0) is 16.6 Å². The van der Waals surface area contributed by atoms with Crippen LogP contribution in [0, 0.1) is 0 Å². The van der Waals surface area contributed by atoms with Gasteiger partial charge in [0.05, 0.1) is 51.4 Å². The van der Waals surface area contributed by atoms with Gasteiger partial charge >= 0.3 is 0 Å². The highest BCUT2D eigenvalue weighted by Crippen LogP contribution is 2.32. The fourth-order valence-electron chi connectivity index (χ4n) is 3.74. The van der Waals surface area contributed by atoms with Gasteiger partial charge in [0.2, 0.25) is 10.0 Å². The Kier molecular flexibility index (Phi) is 5.94. The third kappa shape index (κ3) is 4.49. The summed E-state index contributed by atoms with van der Waals surface area (Å²) in [6.07, 6.45) is 0.786. The Morgan fingerprint density at radius 2 is 1.79 bits per heavy atom. The highest BCUT2D eigenvalue weighted by Gasteiger charge is 2.31. The molecule has 0 atom stereocenters. The van der Waals surface area contributed by atoms with Gasteiger partial charge in [-0.1, -0.05) is 12.1 Å². The largest absolute Gasteiger partial charge is 0.497 e. The molecule has 0 bridgehead atoms. The van der Waals surface area contributed by atoms with Crippen molar-refractivity contribution < 1.29 is 27.5 Å². The first-order valence-electron chi connectivity index (χ1n) is 9.92. The van der Waals surface area contributed by atoms with Crippen LogP contribution in [0.3, 0.4) is 0 Å². The standard InChI is InChI=1S/C21H26N2O5S/c1-26-18-5-2-4-17(14-18)16-22-8-10-23(11-9-22)29(24,25)19-6-7-20-21(15-19)28-13-3-12-27-20/h2,4-7,14-15H,3,8-13,16H2,1H3/p+1. The van der Waals surface area contributed by atoms with Gasteiger partial charge in [-0.15, -0.1) is 0 Å². The summed E-state index contributed by atoms with van der Waals surface area (Å²) in [5.74, 6) is 1.96. The first-order valence-corrected chi connectivity index (χ1v) is 11.4. The lowest BCUT2D eigenvalue weighted by molar-refractivity contribution is -0.917. The van der Waals surface area contributed by atoms with Gasteiger partial charge in [-0.2, -0.15) is 4.31 Å². The molecule has 2 aromatic rings. The summed E-state index contributed by atoms with van der Waals surface area (Å²) in [5.41, 5.74) is 1.19. The van der Waals surface area contributed by atoms with E-state index in [9.17, 15) is 8.42 Å². The van der Waals surface area contributed by atoms with Crippen molar-refractivity contribution in [2.75, 3.05) is 46.5 Å². The van der Waals surface area contributed by atoms with Crippen LogP contribution in [0.4, 0.5) is 0 Å². The maximum absolute atomic E-state index is 13.1. The topological polar surface area (TPSA) is 69.5 Å². The van der Waals surface area contributed by atoms with Crippen LogP contribution in [0.5, 0.6) is 17.2 Å². The molecule has 0 aliphatic carbocycles. The van der Waals surface area contributed by atoms with Crippen molar-refractivity contribution in [3.63, 3.8) is 0 Å². The number of sulfonamides is 1. The van der Waals surface area contributed by atoms with E-state index >= 15 is 0 Å². The minimum absolute atomic E-state index is 0.262. The number of nitrogens with zero attached hydrogens (tertiary/aromatic N) is 1. The van der Waals surface area contributed by atoms with Crippen molar-refractivity contribution in [3.05, 3.63) is 48.0 Å². The van der Waals surface area contributed by atoms with Gasteiger partial charge in [-0.05, 0) is 24.3 Å². The van der Waals surface area contributed by atoms with E-state index < -0.39 is 10.0 Å². The smallest absolute Gasteiger partial charge is 0.243 e. The number of fused-ring (bicyclic) bond motifs is 1. The summed E-state index contributed by atoms with van der Waals surface area (Å²) in [4.78, 5) is 1.63. The molecule has 0 unspecified atom stereocenters. The Balaban J connectivity index is 1.41. The number of nitrogens with one attached hydrogen (secondary N) is 1. The Bertz CT molecular complexity index is 955. The number of hydrogen-bond acceptors (Lipinski definition) is 5. The molecule has 8 heteroatoms. The molecule has 2 aliphatic rings. The van der Waals surface area contributed by atoms with Crippen molar-refractivity contribution in [2.24, 2.45) is 0 Å². The highest BCUT2D eigenvalue weighted by atomic mass is 32.2. The second-order valence-electron chi connectivity index (χ2n) is 7.34. The molecule has 4 rings (SSSR count). The van der Waals surface area contributed by atoms with E-state index in [1.807, 2.05) is 18.2 Å². The number of quaternary nitrogens is 1. The van der Waals surface area contributed by atoms with Crippen molar-refractivity contribution in [2.45, 2.75) is 17.9 Å². The Labute approximate surface area is 171 Å². The molecule has 0 saturated carbocycles. The van der Waals surface area contributed by atoms with E-state index in [1.54, 1.807) is 29.6 Å². The lowest BCUT2D eigenvalue weighted by atomic mass is 10.2. The van der Waals surface area contributed by atoms with Gasteiger partial charge in [0.15, 0.2) is 11.5 Å². The van der Waals surface area contributed by atoms with Crippen LogP contribution in [-0.4, -0.2) is 59.2 Å². The SMILES string of the molecule is COc1cccc(C[NH+]2CCN(S(=O)(=O)c3ccc4c(c3)OCCCO4)CC2)c1. The van der Waals surface area contributed by atoms with Crippen LogP contribution < -0.4 is 19.1 Å². The number of benzene rings is 2. The predicted molar refractivity (Wildman–Crippen MR) is 108 cm³/mol. The second kappa shape index (κ2) is 8.61. The molecule has 1 fully saturated rings. The molecule has 2 heterocycles. The van der Waals surface area contributed by atoms with E-state index in [0.717, 1.165) is 31.8 Å². The molecule has 0 radical (unpaired) electrons. The molecular formula is C21H27N2O5S+. The maximum Gasteiger partial charge on any atom is 0.243 e. The fourth-order valence-corrected chi connectivity index (χ4v) is 5.20. The molecule has 7 nitrogen and oxygen atoms in total. The molecule has 2 aliphatic heterocycles. The zero-order chi connectivity index (χ0) is 20.3. The molecule has 156 valence electrons. The van der Waals surface area contributed by atoms with Gasteiger partial charge < -0.3 is 19.1 Å². The quantitative estimate of drug-likeness (QED) is 0.782. The summed E-state index contributed by atoms with van der Waals surface area (Å²) in [7, 11) is -1.89. The Morgan fingerprint density at radius 3 is 2.55 bits per heavy atom.